The van der Waals surface area contributed by atoms with E-state index in [-0.39, 0.29) is 18.1 Å². The Kier molecular flexibility index (Phi) is 8.32. The normalized spacial score (nSPS) is 19.1. The first-order valence-electron chi connectivity index (χ1n) is 11.1. The number of carbonyl (C=O) groups excluding carboxylic acids is 1. The highest BCUT2D eigenvalue weighted by Gasteiger charge is 2.22. The number of benzene rings is 2. The second kappa shape index (κ2) is 11.2. The summed E-state index contributed by atoms with van der Waals surface area (Å²) in [5.41, 5.74) is 2.39. The minimum absolute atomic E-state index is 0.107. The van der Waals surface area contributed by atoms with Crippen molar-refractivity contribution < 1.29 is 19.0 Å². The highest BCUT2D eigenvalue weighted by Crippen LogP contribution is 2.39. The standard InChI is InChI=1S/C25H34N2O4/c1-5-30-23-15-21(14-22(24(23)29-4)20-10-7-6-8-11-20)25(28)26-12-9-13-27-16-18(2)31-19(3)17-27/h6-8,10-11,14-15,18-19H,5,9,12-13,16-17H2,1-4H3,(H,26,28). The summed E-state index contributed by atoms with van der Waals surface area (Å²) < 4.78 is 17.2. The van der Waals surface area contributed by atoms with E-state index in [0.29, 0.717) is 30.2 Å². The van der Waals surface area contributed by atoms with Crippen molar-refractivity contribution in [1.29, 1.82) is 0 Å². The topological polar surface area (TPSA) is 60.0 Å². The first kappa shape index (κ1) is 23.1. The van der Waals surface area contributed by atoms with Gasteiger partial charge in [0.25, 0.3) is 5.91 Å². The van der Waals surface area contributed by atoms with Crippen molar-refractivity contribution in [3.63, 3.8) is 0 Å². The van der Waals surface area contributed by atoms with Crippen LogP contribution in [0.3, 0.4) is 0 Å². The highest BCUT2D eigenvalue weighted by molar-refractivity contribution is 5.97. The number of rotatable bonds is 9. The lowest BCUT2D eigenvalue weighted by Crippen LogP contribution is -2.46. The smallest absolute Gasteiger partial charge is 0.251 e. The van der Waals surface area contributed by atoms with E-state index in [1.54, 1.807) is 13.2 Å². The van der Waals surface area contributed by atoms with E-state index in [1.165, 1.54) is 0 Å². The molecule has 0 bridgehead atoms. The van der Waals surface area contributed by atoms with E-state index in [1.807, 2.05) is 43.3 Å². The molecule has 3 rings (SSSR count). The number of amides is 1. The predicted molar refractivity (Wildman–Crippen MR) is 123 cm³/mol. The fourth-order valence-electron chi connectivity index (χ4n) is 4.11. The molecule has 1 aliphatic rings. The summed E-state index contributed by atoms with van der Waals surface area (Å²) in [4.78, 5) is 15.3. The Hall–Kier alpha value is -2.57. The third-order valence-corrected chi connectivity index (χ3v) is 5.34. The molecule has 6 heteroatoms. The van der Waals surface area contributed by atoms with Crippen LogP contribution in [0.15, 0.2) is 42.5 Å². The maximum Gasteiger partial charge on any atom is 0.251 e. The van der Waals surface area contributed by atoms with Crippen LogP contribution in [0.5, 0.6) is 11.5 Å². The minimum atomic E-state index is -0.107. The summed E-state index contributed by atoms with van der Waals surface area (Å²) in [6, 6.07) is 13.5. The third-order valence-electron chi connectivity index (χ3n) is 5.34. The van der Waals surface area contributed by atoms with Gasteiger partial charge < -0.3 is 19.5 Å². The lowest BCUT2D eigenvalue weighted by atomic mass is 10.0. The Morgan fingerprint density at radius 3 is 2.52 bits per heavy atom. The van der Waals surface area contributed by atoms with Gasteiger partial charge in [0, 0.05) is 37.3 Å². The van der Waals surface area contributed by atoms with E-state index in [0.717, 1.165) is 37.2 Å². The molecule has 0 saturated carbocycles. The zero-order valence-corrected chi connectivity index (χ0v) is 19.0. The Bertz CT molecular complexity index is 846. The van der Waals surface area contributed by atoms with Crippen LogP contribution in [0, 0.1) is 0 Å². The van der Waals surface area contributed by atoms with Gasteiger partial charge in [0.05, 0.1) is 25.9 Å². The van der Waals surface area contributed by atoms with Crippen molar-refractivity contribution in [2.24, 2.45) is 0 Å². The summed E-state index contributed by atoms with van der Waals surface area (Å²) in [6.07, 6.45) is 1.41. The van der Waals surface area contributed by atoms with Crippen LogP contribution in [-0.2, 0) is 4.74 Å². The first-order valence-corrected chi connectivity index (χ1v) is 11.1. The van der Waals surface area contributed by atoms with Crippen molar-refractivity contribution in [2.45, 2.75) is 39.4 Å². The van der Waals surface area contributed by atoms with Crippen molar-refractivity contribution in [3.8, 4) is 22.6 Å². The van der Waals surface area contributed by atoms with Gasteiger partial charge in [-0.1, -0.05) is 30.3 Å². The first-order chi connectivity index (χ1) is 15.0. The number of morpholine rings is 1. The minimum Gasteiger partial charge on any atom is -0.492 e. The van der Waals surface area contributed by atoms with Gasteiger partial charge in [0.1, 0.15) is 0 Å². The van der Waals surface area contributed by atoms with Crippen molar-refractivity contribution in [1.82, 2.24) is 10.2 Å². The number of hydrogen-bond donors (Lipinski definition) is 1. The maximum atomic E-state index is 12.9. The van der Waals surface area contributed by atoms with Gasteiger partial charge in [-0.25, -0.2) is 0 Å². The van der Waals surface area contributed by atoms with Crippen LogP contribution in [0.1, 0.15) is 37.6 Å². The number of methoxy groups -OCH3 is 1. The number of carbonyl (C=O) groups is 1. The van der Waals surface area contributed by atoms with Crippen LogP contribution in [0.4, 0.5) is 0 Å². The molecule has 2 atom stereocenters. The number of nitrogens with one attached hydrogen (secondary N) is 1. The fraction of sp³-hybridized carbons (Fsp3) is 0.480. The Balaban J connectivity index is 1.68. The molecule has 1 N–H and O–H groups in total. The molecule has 2 aromatic rings. The summed E-state index contributed by atoms with van der Waals surface area (Å²) in [7, 11) is 1.62. The second-order valence-corrected chi connectivity index (χ2v) is 7.98. The highest BCUT2D eigenvalue weighted by atomic mass is 16.5. The molecule has 2 aromatic carbocycles. The van der Waals surface area contributed by atoms with E-state index in [9.17, 15) is 4.79 Å². The van der Waals surface area contributed by atoms with E-state index < -0.39 is 0 Å². The molecule has 1 aliphatic heterocycles. The quantitative estimate of drug-likeness (QED) is 0.615. The monoisotopic (exact) mass is 426 g/mol. The summed E-state index contributed by atoms with van der Waals surface area (Å²) in [5, 5.41) is 3.05. The van der Waals surface area contributed by atoms with Crippen molar-refractivity contribution in [3.05, 3.63) is 48.0 Å². The van der Waals surface area contributed by atoms with Crippen LogP contribution < -0.4 is 14.8 Å². The lowest BCUT2D eigenvalue weighted by molar-refractivity contribution is -0.0679. The van der Waals surface area contributed by atoms with Gasteiger partial charge in [0.2, 0.25) is 0 Å². The molecule has 168 valence electrons. The largest absolute Gasteiger partial charge is 0.492 e. The van der Waals surface area contributed by atoms with Gasteiger partial charge >= 0.3 is 0 Å². The van der Waals surface area contributed by atoms with Gasteiger partial charge in [-0.05, 0) is 44.9 Å². The molecule has 0 radical (unpaired) electrons. The van der Waals surface area contributed by atoms with Gasteiger partial charge in [-0.15, -0.1) is 0 Å². The SMILES string of the molecule is CCOc1cc(C(=O)NCCCN2CC(C)OC(C)C2)cc(-c2ccccc2)c1OC. The van der Waals surface area contributed by atoms with E-state index >= 15 is 0 Å². The third kappa shape index (κ3) is 6.21. The molecule has 0 aromatic heterocycles. The number of nitrogens with zero attached hydrogens (tertiary/aromatic N) is 1. The van der Waals surface area contributed by atoms with Crippen LogP contribution in [0.2, 0.25) is 0 Å². The van der Waals surface area contributed by atoms with Crippen molar-refractivity contribution in [2.75, 3.05) is 39.9 Å². The molecule has 0 aliphatic carbocycles. The molecule has 1 fully saturated rings. The zero-order valence-electron chi connectivity index (χ0n) is 19.0. The Morgan fingerprint density at radius 2 is 1.87 bits per heavy atom. The van der Waals surface area contributed by atoms with Crippen LogP contribution in [-0.4, -0.2) is 62.9 Å². The van der Waals surface area contributed by atoms with E-state index in [2.05, 4.69) is 24.1 Å². The maximum absolute atomic E-state index is 12.9. The number of hydrogen-bond acceptors (Lipinski definition) is 5. The average molecular weight is 427 g/mol. The molecular formula is C25H34N2O4. The zero-order chi connectivity index (χ0) is 22.2. The fourth-order valence-corrected chi connectivity index (χ4v) is 4.11. The van der Waals surface area contributed by atoms with Crippen LogP contribution in [0.25, 0.3) is 11.1 Å². The second-order valence-electron chi connectivity index (χ2n) is 7.98. The van der Waals surface area contributed by atoms with Crippen molar-refractivity contribution >= 4 is 5.91 Å². The van der Waals surface area contributed by atoms with Gasteiger partial charge in [-0.2, -0.15) is 0 Å². The van der Waals surface area contributed by atoms with Gasteiger partial charge in [-0.3, -0.25) is 9.69 Å². The molecule has 0 spiro atoms. The molecule has 1 heterocycles. The summed E-state index contributed by atoms with van der Waals surface area (Å²) >= 11 is 0. The molecule has 1 amide bonds. The average Bonchev–Trinajstić information content (AvgIpc) is 2.76. The predicted octanol–water partition coefficient (Wildman–Crippen LogP) is 3.99. The molecular weight excluding hydrogens is 392 g/mol. The Morgan fingerprint density at radius 1 is 1.16 bits per heavy atom. The molecule has 6 nitrogen and oxygen atoms in total. The Labute approximate surface area is 185 Å². The molecule has 1 saturated heterocycles. The van der Waals surface area contributed by atoms with Gasteiger partial charge in [0.15, 0.2) is 11.5 Å². The summed E-state index contributed by atoms with van der Waals surface area (Å²) in [6.45, 7) is 10.1. The molecule has 31 heavy (non-hydrogen) atoms. The van der Waals surface area contributed by atoms with Crippen LogP contribution >= 0.6 is 0 Å². The lowest BCUT2D eigenvalue weighted by Gasteiger charge is -2.35. The molecule has 2 unspecified atom stereocenters. The van der Waals surface area contributed by atoms with E-state index in [4.69, 9.17) is 14.2 Å². The number of ether oxygens (including phenoxy) is 3. The summed E-state index contributed by atoms with van der Waals surface area (Å²) in [5.74, 6) is 1.11.